The Labute approximate surface area is 318 Å². The second kappa shape index (κ2) is 17.0. The Morgan fingerprint density at radius 1 is 0.722 bits per heavy atom. The summed E-state index contributed by atoms with van der Waals surface area (Å²) in [6.45, 7) is 10.6. The smallest absolute Gasteiger partial charge is 0.419 e. The standard InChI is InChI=1S/C44H51N2O7P/c1-43(2,3)52-41(48)38(28-35-29-46(42(49)53-44(4,5)6)39-20-14-13-19-37(35)39)45-40(47)36(30-54(50,51)26-25-31-15-9-7-10-16-31)27-32-21-23-34(24-22-32)33-17-11-8-12-18-33/h7-24,29,36,38H,25-28,30H2,1-6H3,(H,45,47)(H,50,51). The molecule has 3 atom stereocenters. The lowest BCUT2D eigenvalue weighted by Crippen LogP contribution is -2.48. The van der Waals surface area contributed by atoms with Crippen LogP contribution in [0.4, 0.5) is 4.79 Å². The number of esters is 1. The van der Waals surface area contributed by atoms with Gasteiger partial charge in [-0.15, -0.1) is 0 Å². The van der Waals surface area contributed by atoms with Crippen molar-refractivity contribution in [2.45, 2.75) is 78.0 Å². The maximum absolute atomic E-state index is 14.4. The zero-order chi connectivity index (χ0) is 39.1. The SMILES string of the molecule is CC(C)(C)OC(=O)C(Cc1cn(C(=O)OC(C)(C)C)c2ccccc12)NC(=O)C(Cc1ccc(-c2ccccc2)cc1)CP(=O)(O)CCc1ccccc1. The first-order chi connectivity index (χ1) is 25.5. The second-order valence-corrected chi connectivity index (χ2v) is 18.3. The van der Waals surface area contributed by atoms with Gasteiger partial charge in [0.15, 0.2) is 0 Å². The van der Waals surface area contributed by atoms with Gasteiger partial charge in [0.1, 0.15) is 17.2 Å². The number of hydrogen-bond donors (Lipinski definition) is 2. The fourth-order valence-corrected chi connectivity index (χ4v) is 8.10. The van der Waals surface area contributed by atoms with Crippen molar-refractivity contribution >= 4 is 36.2 Å². The van der Waals surface area contributed by atoms with E-state index in [1.54, 1.807) is 53.8 Å². The molecule has 0 bridgehead atoms. The van der Waals surface area contributed by atoms with E-state index in [-0.39, 0.29) is 25.2 Å². The molecule has 5 aromatic rings. The molecular weight excluding hydrogens is 699 g/mol. The predicted molar refractivity (Wildman–Crippen MR) is 214 cm³/mol. The molecule has 284 valence electrons. The van der Waals surface area contributed by atoms with Crippen molar-refractivity contribution in [3.8, 4) is 11.1 Å². The molecule has 9 nitrogen and oxygen atoms in total. The predicted octanol–water partition coefficient (Wildman–Crippen LogP) is 8.83. The highest BCUT2D eigenvalue weighted by atomic mass is 31.2. The summed E-state index contributed by atoms with van der Waals surface area (Å²) in [4.78, 5) is 52.7. The van der Waals surface area contributed by atoms with Crippen LogP contribution in [-0.4, -0.2) is 57.0 Å². The molecule has 0 saturated carbocycles. The van der Waals surface area contributed by atoms with Crippen LogP contribution in [0.2, 0.25) is 0 Å². The maximum Gasteiger partial charge on any atom is 0.419 e. The van der Waals surface area contributed by atoms with Crippen molar-refractivity contribution in [2.75, 3.05) is 12.3 Å². The van der Waals surface area contributed by atoms with Gasteiger partial charge in [0.2, 0.25) is 13.3 Å². The first kappa shape index (κ1) is 40.2. The molecule has 0 spiro atoms. The summed E-state index contributed by atoms with van der Waals surface area (Å²) < 4.78 is 26.6. The number of fused-ring (bicyclic) bond motifs is 1. The average molecular weight is 751 g/mol. The van der Waals surface area contributed by atoms with Gasteiger partial charge in [-0.2, -0.15) is 0 Å². The Kier molecular flexibility index (Phi) is 12.7. The number of rotatable bonds is 13. The fourth-order valence-electron chi connectivity index (χ4n) is 6.32. The van der Waals surface area contributed by atoms with Crippen LogP contribution in [-0.2, 0) is 42.9 Å². The molecule has 0 fully saturated rings. The van der Waals surface area contributed by atoms with E-state index in [2.05, 4.69) is 5.32 Å². The summed E-state index contributed by atoms with van der Waals surface area (Å²) in [5.74, 6) is -2.14. The lowest BCUT2D eigenvalue weighted by atomic mass is 9.96. The third kappa shape index (κ3) is 11.5. The summed E-state index contributed by atoms with van der Waals surface area (Å²) in [6, 6.07) is 33.3. The van der Waals surface area contributed by atoms with Gasteiger partial charge in [0, 0.05) is 30.3 Å². The Hall–Kier alpha value is -4.98. The highest BCUT2D eigenvalue weighted by Crippen LogP contribution is 2.44. The number of hydrogen-bond acceptors (Lipinski definition) is 6. The van der Waals surface area contributed by atoms with Crippen LogP contribution >= 0.6 is 7.37 Å². The van der Waals surface area contributed by atoms with Crippen LogP contribution < -0.4 is 5.32 Å². The highest BCUT2D eigenvalue weighted by molar-refractivity contribution is 7.58. The van der Waals surface area contributed by atoms with Crippen LogP contribution in [0.1, 0.15) is 58.2 Å². The summed E-state index contributed by atoms with van der Waals surface area (Å²) >= 11 is 0. The van der Waals surface area contributed by atoms with Crippen LogP contribution in [0.25, 0.3) is 22.0 Å². The molecule has 1 heterocycles. The van der Waals surface area contributed by atoms with Gasteiger partial charge in [0.05, 0.1) is 11.4 Å². The number of ether oxygens (including phenoxy) is 2. The lowest BCUT2D eigenvalue weighted by Gasteiger charge is -2.27. The van der Waals surface area contributed by atoms with E-state index in [0.29, 0.717) is 22.9 Å². The molecule has 0 aliphatic rings. The van der Waals surface area contributed by atoms with Crippen molar-refractivity contribution in [3.05, 3.63) is 132 Å². The van der Waals surface area contributed by atoms with Crippen molar-refractivity contribution in [3.63, 3.8) is 0 Å². The number of carbonyl (C=O) groups is 3. The van der Waals surface area contributed by atoms with Gasteiger partial charge in [-0.3, -0.25) is 13.9 Å². The van der Waals surface area contributed by atoms with Gasteiger partial charge in [-0.25, -0.2) is 9.59 Å². The maximum atomic E-state index is 14.4. The molecule has 4 aromatic carbocycles. The molecule has 1 aromatic heterocycles. The van der Waals surface area contributed by atoms with E-state index in [0.717, 1.165) is 22.3 Å². The van der Waals surface area contributed by atoms with E-state index in [1.165, 1.54) is 4.57 Å². The Morgan fingerprint density at radius 2 is 1.30 bits per heavy atom. The lowest BCUT2D eigenvalue weighted by molar-refractivity contribution is -0.158. The van der Waals surface area contributed by atoms with E-state index < -0.39 is 48.5 Å². The largest absolute Gasteiger partial charge is 0.458 e. The molecule has 10 heteroatoms. The quantitative estimate of drug-likeness (QED) is 0.0911. The summed E-state index contributed by atoms with van der Waals surface area (Å²) in [5, 5.41) is 3.62. The number of carbonyl (C=O) groups excluding carboxylic acids is 3. The van der Waals surface area contributed by atoms with E-state index in [4.69, 9.17) is 9.47 Å². The van der Waals surface area contributed by atoms with Crippen molar-refractivity contribution < 1.29 is 33.3 Å². The number of amides is 1. The van der Waals surface area contributed by atoms with Crippen molar-refractivity contribution in [1.29, 1.82) is 0 Å². The molecule has 0 radical (unpaired) electrons. The zero-order valence-corrected chi connectivity index (χ0v) is 32.8. The second-order valence-electron chi connectivity index (χ2n) is 15.8. The molecule has 0 aliphatic carbocycles. The first-order valence-corrected chi connectivity index (χ1v) is 20.3. The monoisotopic (exact) mass is 750 g/mol. The minimum atomic E-state index is -3.82. The van der Waals surface area contributed by atoms with E-state index >= 15 is 0 Å². The zero-order valence-electron chi connectivity index (χ0n) is 32.0. The number of nitrogens with one attached hydrogen (secondary N) is 1. The Bertz CT molecular complexity index is 2100. The normalized spacial score (nSPS) is 14.1. The summed E-state index contributed by atoms with van der Waals surface area (Å²) in [5.41, 5.74) is 3.41. The number of aromatic nitrogens is 1. The molecule has 54 heavy (non-hydrogen) atoms. The summed E-state index contributed by atoms with van der Waals surface area (Å²) in [6.07, 6.45) is 1.35. The minimum absolute atomic E-state index is 0.000248. The van der Waals surface area contributed by atoms with Gasteiger partial charge in [-0.05, 0) is 88.3 Å². The summed E-state index contributed by atoms with van der Waals surface area (Å²) in [7, 11) is -3.82. The van der Waals surface area contributed by atoms with Crippen LogP contribution in [0.3, 0.4) is 0 Å². The average Bonchev–Trinajstić information content (AvgIpc) is 3.48. The Morgan fingerprint density at radius 3 is 1.93 bits per heavy atom. The van der Waals surface area contributed by atoms with Gasteiger partial charge in [0.25, 0.3) is 0 Å². The third-order valence-corrected chi connectivity index (χ3v) is 10.8. The molecular formula is C44H51N2O7P. The van der Waals surface area contributed by atoms with Gasteiger partial charge in [-0.1, -0.05) is 103 Å². The number of para-hydroxylation sites is 1. The number of benzene rings is 4. The topological polar surface area (TPSA) is 124 Å². The van der Waals surface area contributed by atoms with E-state index in [1.807, 2.05) is 103 Å². The minimum Gasteiger partial charge on any atom is -0.458 e. The third-order valence-electron chi connectivity index (χ3n) is 8.83. The Balaban J connectivity index is 1.45. The molecule has 5 rings (SSSR count). The number of aryl methyl sites for hydroxylation is 1. The highest BCUT2D eigenvalue weighted by Gasteiger charge is 2.34. The molecule has 3 unspecified atom stereocenters. The van der Waals surface area contributed by atoms with Crippen LogP contribution in [0.5, 0.6) is 0 Å². The van der Waals surface area contributed by atoms with Gasteiger partial charge >= 0.3 is 12.1 Å². The fraction of sp³-hybridized carbons (Fsp3) is 0.341. The molecule has 2 N–H and O–H groups in total. The van der Waals surface area contributed by atoms with Crippen molar-refractivity contribution in [1.82, 2.24) is 9.88 Å². The van der Waals surface area contributed by atoms with Crippen molar-refractivity contribution in [2.24, 2.45) is 5.92 Å². The van der Waals surface area contributed by atoms with E-state index in [9.17, 15) is 23.8 Å². The first-order valence-electron chi connectivity index (χ1n) is 18.3. The molecule has 1 amide bonds. The van der Waals surface area contributed by atoms with Crippen LogP contribution in [0, 0.1) is 5.92 Å². The van der Waals surface area contributed by atoms with Crippen LogP contribution in [0.15, 0.2) is 115 Å². The van der Waals surface area contributed by atoms with Gasteiger partial charge < -0.3 is 19.7 Å². The molecule has 0 saturated heterocycles. The number of nitrogens with zero attached hydrogens (tertiary/aromatic N) is 1. The molecule has 0 aliphatic heterocycles.